The SMILES string of the molecule is CCN1C(=O)C(=C2SC(=S)N(C3CCCC3)C2=O)c2cc(Br)ccc21. The molecule has 0 aromatic heterocycles. The van der Waals surface area contributed by atoms with Crippen LogP contribution in [0, 0.1) is 0 Å². The fraction of sp³-hybridized carbons (Fsp3) is 0.389. The molecule has 0 N–H and O–H groups in total. The Morgan fingerprint density at radius 2 is 1.96 bits per heavy atom. The lowest BCUT2D eigenvalue weighted by Gasteiger charge is -2.22. The average Bonchev–Trinajstić information content (AvgIpc) is 3.25. The Morgan fingerprint density at radius 3 is 2.64 bits per heavy atom. The van der Waals surface area contributed by atoms with E-state index >= 15 is 0 Å². The first-order valence-corrected chi connectivity index (χ1v) is 10.5. The van der Waals surface area contributed by atoms with Crippen LogP contribution in [0.5, 0.6) is 0 Å². The summed E-state index contributed by atoms with van der Waals surface area (Å²) in [6.45, 7) is 2.51. The fourth-order valence-corrected chi connectivity index (χ4v) is 5.68. The van der Waals surface area contributed by atoms with E-state index in [1.807, 2.05) is 25.1 Å². The lowest BCUT2D eigenvalue weighted by Crippen LogP contribution is -2.37. The van der Waals surface area contributed by atoms with Gasteiger partial charge < -0.3 is 4.90 Å². The predicted octanol–water partition coefficient (Wildman–Crippen LogP) is 4.33. The Kier molecular flexibility index (Phi) is 4.50. The molecular weight excluding hydrogens is 420 g/mol. The molecule has 130 valence electrons. The van der Waals surface area contributed by atoms with E-state index in [1.54, 1.807) is 9.80 Å². The lowest BCUT2D eigenvalue weighted by atomic mass is 10.1. The topological polar surface area (TPSA) is 40.6 Å². The number of hydrogen-bond donors (Lipinski definition) is 0. The molecule has 0 radical (unpaired) electrons. The zero-order valence-corrected chi connectivity index (χ0v) is 17.0. The average molecular weight is 437 g/mol. The van der Waals surface area contributed by atoms with Gasteiger partial charge in [0.2, 0.25) is 0 Å². The third-order valence-corrected chi connectivity index (χ3v) is 6.90. The highest BCUT2D eigenvalue weighted by Crippen LogP contribution is 2.46. The van der Waals surface area contributed by atoms with E-state index in [4.69, 9.17) is 12.2 Å². The highest BCUT2D eigenvalue weighted by Gasteiger charge is 2.44. The maximum atomic E-state index is 13.1. The first kappa shape index (κ1) is 17.2. The van der Waals surface area contributed by atoms with Gasteiger partial charge >= 0.3 is 0 Å². The predicted molar refractivity (Wildman–Crippen MR) is 108 cm³/mol. The molecule has 3 aliphatic rings. The standard InChI is InChI=1S/C18H17BrN2O2S2/c1-2-20-13-8-7-10(19)9-12(13)14(16(20)22)15-17(23)21(18(24)25-15)11-5-3-4-6-11/h7-9,11H,2-6H2,1H3. The maximum Gasteiger partial charge on any atom is 0.267 e. The van der Waals surface area contributed by atoms with Gasteiger partial charge in [-0.3, -0.25) is 14.5 Å². The zero-order valence-electron chi connectivity index (χ0n) is 13.8. The molecular formula is C18H17BrN2O2S2. The van der Waals surface area contributed by atoms with Crippen LogP contribution < -0.4 is 4.90 Å². The van der Waals surface area contributed by atoms with Gasteiger partial charge in [0.05, 0.1) is 16.2 Å². The van der Waals surface area contributed by atoms with Gasteiger partial charge in [0, 0.05) is 22.6 Å². The minimum absolute atomic E-state index is 0.103. The van der Waals surface area contributed by atoms with Gasteiger partial charge in [-0.2, -0.15) is 0 Å². The molecule has 0 atom stereocenters. The molecule has 0 unspecified atom stereocenters. The van der Waals surface area contributed by atoms with E-state index < -0.39 is 0 Å². The van der Waals surface area contributed by atoms with E-state index in [-0.39, 0.29) is 17.9 Å². The summed E-state index contributed by atoms with van der Waals surface area (Å²) in [6.07, 6.45) is 4.25. The molecule has 1 aliphatic carbocycles. The summed E-state index contributed by atoms with van der Waals surface area (Å²) in [6, 6.07) is 5.94. The number of carbonyl (C=O) groups is 2. The number of amides is 2. The van der Waals surface area contributed by atoms with Crippen molar-refractivity contribution >= 4 is 67.3 Å². The second kappa shape index (κ2) is 6.52. The highest BCUT2D eigenvalue weighted by atomic mass is 79.9. The van der Waals surface area contributed by atoms with Crippen LogP contribution in [-0.4, -0.2) is 33.6 Å². The highest BCUT2D eigenvalue weighted by molar-refractivity contribution is 9.10. The first-order valence-electron chi connectivity index (χ1n) is 8.44. The molecule has 25 heavy (non-hydrogen) atoms. The molecule has 4 rings (SSSR count). The van der Waals surface area contributed by atoms with Crippen LogP contribution in [0.4, 0.5) is 5.69 Å². The molecule has 7 heteroatoms. The number of anilines is 1. The van der Waals surface area contributed by atoms with Gasteiger partial charge in [0.1, 0.15) is 4.32 Å². The van der Waals surface area contributed by atoms with Gasteiger partial charge in [-0.25, -0.2) is 0 Å². The molecule has 1 saturated carbocycles. The van der Waals surface area contributed by atoms with Crippen LogP contribution in [0.1, 0.15) is 38.2 Å². The Balaban J connectivity index is 1.83. The number of nitrogens with zero attached hydrogens (tertiary/aromatic N) is 2. The summed E-state index contributed by atoms with van der Waals surface area (Å²) in [7, 11) is 0. The van der Waals surface area contributed by atoms with E-state index in [0.29, 0.717) is 21.3 Å². The van der Waals surface area contributed by atoms with E-state index in [9.17, 15) is 9.59 Å². The van der Waals surface area contributed by atoms with E-state index in [0.717, 1.165) is 41.4 Å². The summed E-state index contributed by atoms with van der Waals surface area (Å²) in [5, 5.41) is 0. The minimum Gasteiger partial charge on any atom is -0.308 e. The molecule has 2 fully saturated rings. The normalized spacial score (nSPS) is 24.0. The molecule has 2 heterocycles. The molecule has 2 aliphatic heterocycles. The van der Waals surface area contributed by atoms with Gasteiger partial charge in [-0.15, -0.1) is 0 Å². The van der Waals surface area contributed by atoms with Crippen LogP contribution in [0.3, 0.4) is 0 Å². The molecule has 2 amide bonds. The Labute approximate surface area is 164 Å². The second-order valence-electron chi connectivity index (χ2n) is 6.40. The first-order chi connectivity index (χ1) is 12.0. The Bertz CT molecular complexity index is 830. The maximum absolute atomic E-state index is 13.1. The van der Waals surface area contributed by atoms with Gasteiger partial charge in [-0.1, -0.05) is 52.8 Å². The van der Waals surface area contributed by atoms with Crippen molar-refractivity contribution in [3.63, 3.8) is 0 Å². The fourth-order valence-electron chi connectivity index (χ4n) is 3.84. The van der Waals surface area contributed by atoms with E-state index in [1.165, 1.54) is 11.8 Å². The van der Waals surface area contributed by atoms with Crippen LogP contribution in [0.15, 0.2) is 27.6 Å². The number of hydrogen-bond acceptors (Lipinski definition) is 4. The number of thioether (sulfide) groups is 1. The smallest absolute Gasteiger partial charge is 0.267 e. The number of thiocarbonyl (C=S) groups is 1. The monoisotopic (exact) mass is 436 g/mol. The number of benzene rings is 1. The summed E-state index contributed by atoms with van der Waals surface area (Å²) in [4.78, 5) is 30.0. The van der Waals surface area contributed by atoms with Gasteiger partial charge in [0.25, 0.3) is 11.8 Å². The van der Waals surface area contributed by atoms with Crippen LogP contribution in [0.2, 0.25) is 0 Å². The Hall–Kier alpha value is -1.18. The van der Waals surface area contributed by atoms with Crippen molar-refractivity contribution in [3.05, 3.63) is 33.1 Å². The molecule has 0 bridgehead atoms. The number of halogens is 1. The Morgan fingerprint density at radius 1 is 1.24 bits per heavy atom. The van der Waals surface area contributed by atoms with Crippen molar-refractivity contribution in [2.24, 2.45) is 0 Å². The third-order valence-electron chi connectivity index (χ3n) is 5.01. The van der Waals surface area contributed by atoms with Gasteiger partial charge in [-0.05, 0) is 38.0 Å². The second-order valence-corrected chi connectivity index (χ2v) is 8.96. The van der Waals surface area contributed by atoms with Crippen molar-refractivity contribution in [2.75, 3.05) is 11.4 Å². The van der Waals surface area contributed by atoms with Crippen LogP contribution in [0.25, 0.3) is 5.57 Å². The molecule has 0 spiro atoms. The summed E-state index contributed by atoms with van der Waals surface area (Å²) in [5.41, 5.74) is 2.17. The molecule has 1 saturated heterocycles. The van der Waals surface area contributed by atoms with Crippen molar-refractivity contribution in [2.45, 2.75) is 38.6 Å². The zero-order chi connectivity index (χ0) is 17.7. The van der Waals surface area contributed by atoms with Gasteiger partial charge in [0.15, 0.2) is 0 Å². The third kappa shape index (κ3) is 2.67. The summed E-state index contributed by atoms with van der Waals surface area (Å²) >= 11 is 10.2. The number of fused-ring (bicyclic) bond motifs is 1. The van der Waals surface area contributed by atoms with Crippen LogP contribution >= 0.6 is 39.9 Å². The van der Waals surface area contributed by atoms with E-state index in [2.05, 4.69) is 15.9 Å². The van der Waals surface area contributed by atoms with Crippen molar-refractivity contribution in [1.82, 2.24) is 4.90 Å². The number of likely N-dealkylation sites (N-methyl/N-ethyl adjacent to an activating group) is 1. The van der Waals surface area contributed by atoms with Crippen molar-refractivity contribution in [3.8, 4) is 0 Å². The molecule has 4 nitrogen and oxygen atoms in total. The quantitative estimate of drug-likeness (QED) is 0.510. The number of carbonyl (C=O) groups excluding carboxylic acids is 2. The minimum atomic E-state index is -0.109. The largest absolute Gasteiger partial charge is 0.308 e. The summed E-state index contributed by atoms with van der Waals surface area (Å²) < 4.78 is 1.47. The number of rotatable bonds is 2. The lowest BCUT2D eigenvalue weighted by molar-refractivity contribution is -0.123. The van der Waals surface area contributed by atoms with Crippen LogP contribution in [-0.2, 0) is 9.59 Å². The van der Waals surface area contributed by atoms with Crippen molar-refractivity contribution < 1.29 is 9.59 Å². The molecule has 1 aromatic rings. The summed E-state index contributed by atoms with van der Waals surface area (Å²) in [5.74, 6) is -0.211. The van der Waals surface area contributed by atoms with Crippen molar-refractivity contribution in [1.29, 1.82) is 0 Å². The molecule has 1 aromatic carbocycles.